The number of hydrogen-bond acceptors (Lipinski definition) is 3. The summed E-state index contributed by atoms with van der Waals surface area (Å²) in [7, 11) is 0. The number of hydrogen-bond donors (Lipinski definition) is 0. The number of ketones is 3. The highest BCUT2D eigenvalue weighted by Gasteiger charge is 2.31. The van der Waals surface area contributed by atoms with Crippen LogP contribution in [0.15, 0.2) is 12.7 Å². The molecule has 1 aliphatic carbocycles. The summed E-state index contributed by atoms with van der Waals surface area (Å²) in [6.45, 7) is 3.36. The zero-order valence-corrected chi connectivity index (χ0v) is 6.00. The molecule has 0 bridgehead atoms. The molecule has 0 aromatic carbocycles. The largest absolute Gasteiger partial charge is 0.299 e. The molecule has 0 amide bonds. The van der Waals surface area contributed by atoms with Crippen LogP contribution in [0, 0.1) is 5.92 Å². The van der Waals surface area contributed by atoms with Gasteiger partial charge in [-0.25, -0.2) is 0 Å². The van der Waals surface area contributed by atoms with E-state index in [4.69, 9.17) is 0 Å². The second-order valence-corrected chi connectivity index (χ2v) is 2.54. The lowest BCUT2D eigenvalue weighted by molar-refractivity contribution is -0.139. The average molecular weight is 152 g/mol. The highest BCUT2D eigenvalue weighted by atomic mass is 16.2. The van der Waals surface area contributed by atoms with Crippen LogP contribution in [0.5, 0.6) is 0 Å². The van der Waals surface area contributed by atoms with Crippen LogP contribution in [0.25, 0.3) is 0 Å². The SMILES string of the molecule is C=CC1C(=O)CC(=O)CC1=O. The fraction of sp³-hybridized carbons (Fsp3) is 0.375. The first-order valence-corrected chi connectivity index (χ1v) is 3.35. The van der Waals surface area contributed by atoms with Gasteiger partial charge in [0.15, 0.2) is 11.6 Å². The maximum atomic E-state index is 10.9. The lowest BCUT2D eigenvalue weighted by Gasteiger charge is -2.13. The highest BCUT2D eigenvalue weighted by Crippen LogP contribution is 2.15. The summed E-state index contributed by atoms with van der Waals surface area (Å²) in [5.41, 5.74) is 0. The molecule has 1 aliphatic rings. The van der Waals surface area contributed by atoms with Gasteiger partial charge in [0.2, 0.25) is 0 Å². The van der Waals surface area contributed by atoms with Gasteiger partial charge in [-0.2, -0.15) is 0 Å². The van der Waals surface area contributed by atoms with Crippen LogP contribution in [-0.4, -0.2) is 17.3 Å². The van der Waals surface area contributed by atoms with Gasteiger partial charge in [0, 0.05) is 0 Å². The molecule has 1 saturated carbocycles. The van der Waals surface area contributed by atoms with Gasteiger partial charge in [-0.05, 0) is 0 Å². The van der Waals surface area contributed by atoms with Crippen molar-refractivity contribution in [2.75, 3.05) is 0 Å². The molecule has 0 N–H and O–H groups in total. The first kappa shape index (κ1) is 7.85. The third kappa shape index (κ3) is 1.42. The van der Waals surface area contributed by atoms with E-state index in [-0.39, 0.29) is 30.2 Å². The van der Waals surface area contributed by atoms with Gasteiger partial charge in [-0.1, -0.05) is 6.08 Å². The summed E-state index contributed by atoms with van der Waals surface area (Å²) in [6, 6.07) is 0. The summed E-state index contributed by atoms with van der Waals surface area (Å²) in [5, 5.41) is 0. The highest BCUT2D eigenvalue weighted by molar-refractivity contribution is 6.21. The van der Waals surface area contributed by atoms with Crippen molar-refractivity contribution in [3.05, 3.63) is 12.7 Å². The van der Waals surface area contributed by atoms with Gasteiger partial charge in [-0.3, -0.25) is 14.4 Å². The molecule has 0 aromatic rings. The maximum absolute atomic E-state index is 10.9. The van der Waals surface area contributed by atoms with Gasteiger partial charge < -0.3 is 0 Å². The van der Waals surface area contributed by atoms with Crippen LogP contribution in [0.2, 0.25) is 0 Å². The lowest BCUT2D eigenvalue weighted by Crippen LogP contribution is -2.31. The Morgan fingerprint density at radius 1 is 1.18 bits per heavy atom. The first-order chi connectivity index (χ1) is 5.15. The van der Waals surface area contributed by atoms with Crippen LogP contribution in [0.4, 0.5) is 0 Å². The Labute approximate surface area is 64.1 Å². The minimum absolute atomic E-state index is 0.109. The zero-order valence-electron chi connectivity index (χ0n) is 6.00. The Balaban J connectivity index is 2.82. The number of rotatable bonds is 1. The Morgan fingerprint density at radius 3 is 2.00 bits per heavy atom. The van der Waals surface area contributed by atoms with Crippen molar-refractivity contribution in [3.8, 4) is 0 Å². The van der Waals surface area contributed by atoms with E-state index in [0.717, 1.165) is 0 Å². The molecular weight excluding hydrogens is 144 g/mol. The molecule has 0 aromatic heterocycles. The second kappa shape index (κ2) is 2.78. The molecular formula is C8H8O3. The number of carbonyl (C=O) groups is 3. The molecule has 0 aliphatic heterocycles. The quantitative estimate of drug-likeness (QED) is 0.401. The summed E-state index contributed by atoms with van der Waals surface area (Å²) in [4.78, 5) is 32.5. The summed E-state index contributed by atoms with van der Waals surface area (Å²) in [6.07, 6.45) is 1.09. The number of carbonyl (C=O) groups excluding carboxylic acids is 3. The Morgan fingerprint density at radius 2 is 1.64 bits per heavy atom. The molecule has 58 valence electrons. The van der Waals surface area contributed by atoms with Crippen LogP contribution in [0.1, 0.15) is 12.8 Å². The maximum Gasteiger partial charge on any atom is 0.154 e. The molecule has 0 heterocycles. The van der Waals surface area contributed by atoms with Gasteiger partial charge in [0.1, 0.15) is 5.78 Å². The number of allylic oxidation sites excluding steroid dienone is 1. The topological polar surface area (TPSA) is 51.2 Å². The van der Waals surface area contributed by atoms with E-state index in [0.29, 0.717) is 0 Å². The minimum Gasteiger partial charge on any atom is -0.299 e. The predicted octanol–water partition coefficient (Wildman–Crippen LogP) is 0.290. The minimum atomic E-state index is -0.729. The van der Waals surface area contributed by atoms with Crippen molar-refractivity contribution in [1.29, 1.82) is 0 Å². The van der Waals surface area contributed by atoms with Crippen LogP contribution in [0.3, 0.4) is 0 Å². The van der Waals surface area contributed by atoms with Crippen molar-refractivity contribution in [2.24, 2.45) is 5.92 Å². The van der Waals surface area contributed by atoms with E-state index in [1.807, 2.05) is 0 Å². The smallest absolute Gasteiger partial charge is 0.154 e. The van der Waals surface area contributed by atoms with Crippen molar-refractivity contribution in [3.63, 3.8) is 0 Å². The Kier molecular flexibility index (Phi) is 1.98. The van der Waals surface area contributed by atoms with Gasteiger partial charge in [0.25, 0.3) is 0 Å². The first-order valence-electron chi connectivity index (χ1n) is 3.35. The van der Waals surface area contributed by atoms with Crippen molar-refractivity contribution >= 4 is 17.3 Å². The van der Waals surface area contributed by atoms with Crippen LogP contribution < -0.4 is 0 Å². The molecule has 0 saturated heterocycles. The van der Waals surface area contributed by atoms with Gasteiger partial charge in [-0.15, -0.1) is 6.58 Å². The van der Waals surface area contributed by atoms with Crippen molar-refractivity contribution < 1.29 is 14.4 Å². The molecule has 0 atom stereocenters. The Hall–Kier alpha value is -1.25. The van der Waals surface area contributed by atoms with E-state index in [2.05, 4.69) is 6.58 Å². The molecule has 3 heteroatoms. The predicted molar refractivity (Wildman–Crippen MR) is 37.9 cm³/mol. The molecule has 11 heavy (non-hydrogen) atoms. The van der Waals surface area contributed by atoms with E-state index in [1.165, 1.54) is 6.08 Å². The standard InChI is InChI=1S/C8H8O3/c1-2-6-7(10)3-5(9)4-8(6)11/h2,6H,1,3-4H2. The molecule has 3 nitrogen and oxygen atoms in total. The molecule has 0 radical (unpaired) electrons. The van der Waals surface area contributed by atoms with E-state index in [9.17, 15) is 14.4 Å². The van der Waals surface area contributed by atoms with Gasteiger partial charge in [0.05, 0.1) is 18.8 Å². The third-order valence-corrected chi connectivity index (χ3v) is 1.67. The van der Waals surface area contributed by atoms with E-state index >= 15 is 0 Å². The van der Waals surface area contributed by atoms with Crippen LogP contribution >= 0.6 is 0 Å². The Bertz CT molecular complexity index is 220. The summed E-state index contributed by atoms with van der Waals surface area (Å²) < 4.78 is 0. The van der Waals surface area contributed by atoms with Crippen molar-refractivity contribution in [2.45, 2.75) is 12.8 Å². The average Bonchev–Trinajstić information content (AvgIpc) is 1.85. The van der Waals surface area contributed by atoms with E-state index < -0.39 is 5.92 Å². The third-order valence-electron chi connectivity index (χ3n) is 1.67. The monoisotopic (exact) mass is 152 g/mol. The molecule has 1 rings (SSSR count). The summed E-state index contributed by atoms with van der Waals surface area (Å²) >= 11 is 0. The lowest BCUT2D eigenvalue weighted by atomic mass is 9.86. The molecule has 0 unspecified atom stereocenters. The molecule has 0 spiro atoms. The second-order valence-electron chi connectivity index (χ2n) is 2.54. The fourth-order valence-electron chi connectivity index (χ4n) is 1.11. The zero-order chi connectivity index (χ0) is 8.43. The van der Waals surface area contributed by atoms with Gasteiger partial charge >= 0.3 is 0 Å². The fourth-order valence-corrected chi connectivity index (χ4v) is 1.11. The van der Waals surface area contributed by atoms with Crippen molar-refractivity contribution in [1.82, 2.24) is 0 Å². The molecule has 1 fully saturated rings. The summed E-state index contributed by atoms with van der Waals surface area (Å²) in [5.74, 6) is -1.65. The number of Topliss-reactive ketones (excluding diaryl/α,β-unsaturated/α-hetero) is 3. The van der Waals surface area contributed by atoms with Crippen LogP contribution in [-0.2, 0) is 14.4 Å². The normalized spacial score (nSPS) is 20.5. The van der Waals surface area contributed by atoms with E-state index in [1.54, 1.807) is 0 Å².